The van der Waals surface area contributed by atoms with Crippen LogP contribution in [0.25, 0.3) is 0 Å². The van der Waals surface area contributed by atoms with Crippen LogP contribution in [0.15, 0.2) is 53.0 Å². The summed E-state index contributed by atoms with van der Waals surface area (Å²) >= 11 is 3.37. The fourth-order valence-corrected chi connectivity index (χ4v) is 1.87. The minimum atomic E-state index is 0.0602. The molecular formula is C14H13BrN2O. The molecule has 0 fully saturated rings. The molecule has 0 aromatic heterocycles. The maximum Gasteiger partial charge on any atom is 0.123 e. The van der Waals surface area contributed by atoms with Crippen molar-refractivity contribution < 1.29 is 4.74 Å². The van der Waals surface area contributed by atoms with Crippen LogP contribution >= 0.6 is 15.9 Å². The van der Waals surface area contributed by atoms with Gasteiger partial charge in [-0.2, -0.15) is 0 Å². The zero-order valence-corrected chi connectivity index (χ0v) is 11.3. The first kappa shape index (κ1) is 12.6. The molecule has 0 saturated heterocycles. The van der Waals surface area contributed by atoms with E-state index in [0.29, 0.717) is 6.61 Å². The number of ether oxygens (including phenoxy) is 1. The summed E-state index contributed by atoms with van der Waals surface area (Å²) < 4.78 is 6.68. The van der Waals surface area contributed by atoms with E-state index in [-0.39, 0.29) is 5.84 Å². The molecule has 0 saturated carbocycles. The second-order valence-corrected chi connectivity index (χ2v) is 4.73. The van der Waals surface area contributed by atoms with Crippen LogP contribution in [0.4, 0.5) is 0 Å². The van der Waals surface area contributed by atoms with E-state index in [2.05, 4.69) is 15.9 Å². The molecule has 0 radical (unpaired) electrons. The smallest absolute Gasteiger partial charge is 0.123 e. The van der Waals surface area contributed by atoms with Gasteiger partial charge in [-0.3, -0.25) is 5.41 Å². The standard InChI is InChI=1S/C14H13BrN2O/c15-11-5-7-12(8-6-11)18-9-10-3-1-2-4-13(10)14(16)17/h1-8H,9H2,(H3,16,17). The van der Waals surface area contributed by atoms with Crippen molar-refractivity contribution in [3.8, 4) is 5.75 Å². The Morgan fingerprint density at radius 3 is 2.44 bits per heavy atom. The third-order valence-corrected chi connectivity index (χ3v) is 3.04. The number of rotatable bonds is 4. The van der Waals surface area contributed by atoms with Gasteiger partial charge < -0.3 is 10.5 Å². The molecule has 0 amide bonds. The minimum absolute atomic E-state index is 0.0602. The van der Waals surface area contributed by atoms with Gasteiger partial charge in [0, 0.05) is 15.6 Å². The summed E-state index contributed by atoms with van der Waals surface area (Å²) in [5, 5.41) is 7.50. The van der Waals surface area contributed by atoms with Gasteiger partial charge in [0.1, 0.15) is 18.2 Å². The second-order valence-electron chi connectivity index (χ2n) is 3.81. The van der Waals surface area contributed by atoms with Crippen LogP contribution in [0.5, 0.6) is 5.75 Å². The molecule has 2 aromatic rings. The summed E-state index contributed by atoms with van der Waals surface area (Å²) in [5.41, 5.74) is 7.15. The van der Waals surface area contributed by atoms with E-state index in [4.69, 9.17) is 15.9 Å². The molecule has 18 heavy (non-hydrogen) atoms. The maximum absolute atomic E-state index is 7.50. The van der Waals surface area contributed by atoms with Crippen molar-refractivity contribution in [3.63, 3.8) is 0 Å². The third kappa shape index (κ3) is 3.11. The number of hydrogen-bond acceptors (Lipinski definition) is 2. The van der Waals surface area contributed by atoms with Gasteiger partial charge in [0.25, 0.3) is 0 Å². The molecule has 3 N–H and O–H groups in total. The number of halogens is 1. The van der Waals surface area contributed by atoms with Crippen LogP contribution < -0.4 is 10.5 Å². The highest BCUT2D eigenvalue weighted by Crippen LogP contribution is 2.18. The SMILES string of the molecule is N=C(N)c1ccccc1COc1ccc(Br)cc1. The maximum atomic E-state index is 7.50. The lowest BCUT2D eigenvalue weighted by molar-refractivity contribution is 0.306. The molecule has 0 bridgehead atoms. The van der Waals surface area contributed by atoms with Crippen LogP contribution in [0.1, 0.15) is 11.1 Å². The van der Waals surface area contributed by atoms with Gasteiger partial charge in [-0.1, -0.05) is 40.2 Å². The number of hydrogen-bond donors (Lipinski definition) is 2. The monoisotopic (exact) mass is 304 g/mol. The molecule has 2 rings (SSSR count). The highest BCUT2D eigenvalue weighted by atomic mass is 79.9. The molecule has 0 aliphatic carbocycles. The molecule has 0 spiro atoms. The van der Waals surface area contributed by atoms with E-state index in [1.807, 2.05) is 48.5 Å². The van der Waals surface area contributed by atoms with Crippen molar-refractivity contribution in [3.05, 3.63) is 64.1 Å². The largest absolute Gasteiger partial charge is 0.489 e. The highest BCUT2D eigenvalue weighted by molar-refractivity contribution is 9.10. The van der Waals surface area contributed by atoms with E-state index in [9.17, 15) is 0 Å². The Kier molecular flexibility index (Phi) is 3.99. The molecule has 0 heterocycles. The number of nitrogens with two attached hydrogens (primary N) is 1. The minimum Gasteiger partial charge on any atom is -0.489 e. The van der Waals surface area contributed by atoms with Crippen molar-refractivity contribution in [2.24, 2.45) is 5.73 Å². The van der Waals surface area contributed by atoms with Crippen LogP contribution in [0, 0.1) is 5.41 Å². The van der Waals surface area contributed by atoms with E-state index < -0.39 is 0 Å². The molecule has 0 aliphatic heterocycles. The Morgan fingerprint density at radius 2 is 1.78 bits per heavy atom. The van der Waals surface area contributed by atoms with Gasteiger partial charge in [-0.15, -0.1) is 0 Å². The van der Waals surface area contributed by atoms with Crippen molar-refractivity contribution in [2.45, 2.75) is 6.61 Å². The van der Waals surface area contributed by atoms with E-state index in [1.54, 1.807) is 0 Å². The van der Waals surface area contributed by atoms with Crippen molar-refractivity contribution in [1.82, 2.24) is 0 Å². The average molecular weight is 305 g/mol. The van der Waals surface area contributed by atoms with Gasteiger partial charge in [-0.05, 0) is 24.3 Å². The van der Waals surface area contributed by atoms with Gasteiger partial charge in [0.15, 0.2) is 0 Å². The molecule has 4 heteroatoms. The van der Waals surface area contributed by atoms with E-state index in [1.165, 1.54) is 0 Å². The molecular weight excluding hydrogens is 292 g/mol. The van der Waals surface area contributed by atoms with Crippen molar-refractivity contribution >= 4 is 21.8 Å². The number of amidine groups is 1. The summed E-state index contributed by atoms with van der Waals surface area (Å²) in [4.78, 5) is 0. The van der Waals surface area contributed by atoms with Crippen LogP contribution in [-0.4, -0.2) is 5.84 Å². The lowest BCUT2D eigenvalue weighted by atomic mass is 10.1. The van der Waals surface area contributed by atoms with Gasteiger partial charge in [-0.25, -0.2) is 0 Å². The third-order valence-electron chi connectivity index (χ3n) is 2.52. The molecule has 0 atom stereocenters. The summed E-state index contributed by atoms with van der Waals surface area (Å²) in [6, 6.07) is 15.1. The van der Waals surface area contributed by atoms with Crippen LogP contribution in [0.2, 0.25) is 0 Å². The first-order valence-corrected chi connectivity index (χ1v) is 6.27. The first-order valence-electron chi connectivity index (χ1n) is 5.47. The second kappa shape index (κ2) is 5.69. The van der Waals surface area contributed by atoms with Crippen molar-refractivity contribution in [1.29, 1.82) is 5.41 Å². The Balaban J connectivity index is 2.10. The van der Waals surface area contributed by atoms with Gasteiger partial charge in [0.05, 0.1) is 0 Å². The average Bonchev–Trinajstić information content (AvgIpc) is 2.38. The predicted molar refractivity (Wildman–Crippen MR) is 75.9 cm³/mol. The Bertz CT molecular complexity index is 552. The topological polar surface area (TPSA) is 59.1 Å². The van der Waals surface area contributed by atoms with Gasteiger partial charge in [0.2, 0.25) is 0 Å². The van der Waals surface area contributed by atoms with E-state index in [0.717, 1.165) is 21.3 Å². The summed E-state index contributed by atoms with van der Waals surface area (Å²) in [7, 11) is 0. The number of nitrogens with one attached hydrogen (secondary N) is 1. The highest BCUT2D eigenvalue weighted by Gasteiger charge is 2.04. The molecule has 0 aliphatic rings. The lowest BCUT2D eigenvalue weighted by Gasteiger charge is -2.10. The lowest BCUT2D eigenvalue weighted by Crippen LogP contribution is -2.14. The van der Waals surface area contributed by atoms with Crippen LogP contribution in [-0.2, 0) is 6.61 Å². The Labute approximate surface area is 114 Å². The molecule has 2 aromatic carbocycles. The molecule has 92 valence electrons. The summed E-state index contributed by atoms with van der Waals surface area (Å²) in [6.45, 7) is 0.400. The Hall–Kier alpha value is -1.81. The summed E-state index contributed by atoms with van der Waals surface area (Å²) in [5.74, 6) is 0.849. The molecule has 0 unspecified atom stereocenters. The fourth-order valence-electron chi connectivity index (χ4n) is 1.60. The number of nitrogen functional groups attached to an aromatic ring is 1. The van der Waals surface area contributed by atoms with E-state index >= 15 is 0 Å². The summed E-state index contributed by atoms with van der Waals surface area (Å²) in [6.07, 6.45) is 0. The zero-order valence-electron chi connectivity index (χ0n) is 9.69. The molecule has 3 nitrogen and oxygen atoms in total. The quantitative estimate of drug-likeness (QED) is 0.672. The first-order chi connectivity index (χ1) is 8.66. The van der Waals surface area contributed by atoms with Crippen LogP contribution in [0.3, 0.4) is 0 Å². The Morgan fingerprint density at radius 1 is 1.11 bits per heavy atom. The number of benzene rings is 2. The normalized spacial score (nSPS) is 10.1. The fraction of sp³-hybridized carbons (Fsp3) is 0.0714. The predicted octanol–water partition coefficient (Wildman–Crippen LogP) is 3.31. The van der Waals surface area contributed by atoms with Gasteiger partial charge >= 0.3 is 0 Å². The zero-order chi connectivity index (χ0) is 13.0. The van der Waals surface area contributed by atoms with Crippen molar-refractivity contribution in [2.75, 3.05) is 0 Å².